The Hall–Kier alpha value is -0.760. The van der Waals surface area contributed by atoms with Gasteiger partial charge in [0.15, 0.2) is 0 Å². The van der Waals surface area contributed by atoms with Gasteiger partial charge in [-0.2, -0.15) is 0 Å². The van der Waals surface area contributed by atoms with E-state index in [1.807, 2.05) is 20.0 Å². The van der Waals surface area contributed by atoms with Gasteiger partial charge < -0.3 is 5.32 Å². The van der Waals surface area contributed by atoms with E-state index in [9.17, 15) is 0 Å². The monoisotopic (exact) mass is 156 g/mol. The lowest BCUT2D eigenvalue weighted by molar-refractivity contribution is 1.27. The van der Waals surface area contributed by atoms with E-state index in [4.69, 9.17) is 11.6 Å². The minimum absolute atomic E-state index is 0.538. The van der Waals surface area contributed by atoms with E-state index in [0.29, 0.717) is 5.15 Å². The van der Waals surface area contributed by atoms with Crippen molar-refractivity contribution in [3.05, 3.63) is 23.0 Å². The number of nitrogens with zero attached hydrogens (tertiary/aromatic N) is 1. The first-order valence-electron chi connectivity index (χ1n) is 3.04. The molecule has 2 nitrogen and oxygen atoms in total. The van der Waals surface area contributed by atoms with Gasteiger partial charge in [0.2, 0.25) is 0 Å². The summed E-state index contributed by atoms with van der Waals surface area (Å²) in [6.45, 7) is 1.99. The predicted octanol–water partition coefficient (Wildman–Crippen LogP) is 2.09. The quantitative estimate of drug-likeness (QED) is 0.630. The molecular formula is C7H9ClN2. The molecule has 0 saturated heterocycles. The van der Waals surface area contributed by atoms with E-state index in [0.717, 1.165) is 11.3 Å². The summed E-state index contributed by atoms with van der Waals surface area (Å²) in [6.07, 6.45) is 1.72. The second kappa shape index (κ2) is 2.88. The van der Waals surface area contributed by atoms with Crippen LogP contribution in [0.15, 0.2) is 12.3 Å². The maximum atomic E-state index is 5.64. The van der Waals surface area contributed by atoms with Gasteiger partial charge in [-0.25, -0.2) is 4.98 Å². The van der Waals surface area contributed by atoms with Gasteiger partial charge in [0.25, 0.3) is 0 Å². The van der Waals surface area contributed by atoms with E-state index < -0.39 is 0 Å². The number of hydrogen-bond acceptors (Lipinski definition) is 2. The van der Waals surface area contributed by atoms with Gasteiger partial charge in [-0.3, -0.25) is 0 Å². The molecule has 1 aromatic rings. The summed E-state index contributed by atoms with van der Waals surface area (Å²) in [5.41, 5.74) is 2.13. The minimum atomic E-state index is 0.538. The first-order valence-corrected chi connectivity index (χ1v) is 3.41. The molecule has 0 radical (unpaired) electrons. The van der Waals surface area contributed by atoms with Crippen molar-refractivity contribution in [2.24, 2.45) is 0 Å². The van der Waals surface area contributed by atoms with E-state index in [1.165, 1.54) is 0 Å². The largest absolute Gasteiger partial charge is 0.387 e. The van der Waals surface area contributed by atoms with Crippen molar-refractivity contribution in [1.29, 1.82) is 0 Å². The summed E-state index contributed by atoms with van der Waals surface area (Å²) < 4.78 is 0. The molecule has 1 aromatic heterocycles. The number of aryl methyl sites for hydroxylation is 1. The summed E-state index contributed by atoms with van der Waals surface area (Å²) in [6, 6.07) is 1.83. The second-order valence-corrected chi connectivity index (χ2v) is 2.46. The molecule has 1 N–H and O–H groups in total. The summed E-state index contributed by atoms with van der Waals surface area (Å²) in [7, 11) is 1.86. The zero-order valence-corrected chi connectivity index (χ0v) is 6.74. The molecule has 1 rings (SSSR count). The smallest absolute Gasteiger partial charge is 0.129 e. The molecule has 0 aromatic carbocycles. The molecule has 0 saturated carbocycles. The lowest BCUT2D eigenvalue weighted by Gasteiger charge is -2.02. The van der Waals surface area contributed by atoms with E-state index in [1.54, 1.807) is 6.20 Å². The van der Waals surface area contributed by atoms with E-state index in [2.05, 4.69) is 10.3 Å². The van der Waals surface area contributed by atoms with Crippen LogP contribution < -0.4 is 5.32 Å². The van der Waals surface area contributed by atoms with Crippen LogP contribution in [-0.4, -0.2) is 12.0 Å². The Morgan fingerprint density at radius 1 is 1.60 bits per heavy atom. The number of nitrogens with one attached hydrogen (secondary N) is 1. The van der Waals surface area contributed by atoms with Crippen LogP contribution in [0, 0.1) is 6.92 Å². The zero-order chi connectivity index (χ0) is 7.56. The van der Waals surface area contributed by atoms with Crippen LogP contribution in [0.25, 0.3) is 0 Å². The third-order valence-corrected chi connectivity index (χ3v) is 1.55. The Morgan fingerprint density at radius 2 is 2.30 bits per heavy atom. The highest BCUT2D eigenvalue weighted by molar-refractivity contribution is 6.29. The maximum absolute atomic E-state index is 5.64. The van der Waals surface area contributed by atoms with Crippen molar-refractivity contribution in [3.8, 4) is 0 Å². The standard InChI is InChI=1S/C7H9ClN2/c1-5-3-7(8)10-4-6(5)9-2/h3-4,9H,1-2H3. The van der Waals surface area contributed by atoms with Gasteiger partial charge in [-0.15, -0.1) is 0 Å². The highest BCUT2D eigenvalue weighted by Crippen LogP contribution is 2.15. The topological polar surface area (TPSA) is 24.9 Å². The highest BCUT2D eigenvalue weighted by Gasteiger charge is 1.95. The van der Waals surface area contributed by atoms with Gasteiger partial charge >= 0.3 is 0 Å². The molecular weight excluding hydrogens is 148 g/mol. The fourth-order valence-electron chi connectivity index (χ4n) is 0.783. The number of rotatable bonds is 1. The molecule has 3 heteroatoms. The molecule has 1 heterocycles. The highest BCUT2D eigenvalue weighted by atomic mass is 35.5. The van der Waals surface area contributed by atoms with Crippen LogP contribution in [0.2, 0.25) is 5.15 Å². The SMILES string of the molecule is CNc1cnc(Cl)cc1C. The summed E-state index contributed by atoms with van der Waals surface area (Å²) in [5.74, 6) is 0. The number of hydrogen-bond donors (Lipinski definition) is 1. The van der Waals surface area contributed by atoms with Crippen molar-refractivity contribution in [3.63, 3.8) is 0 Å². The number of aromatic nitrogens is 1. The average molecular weight is 157 g/mol. The molecule has 0 spiro atoms. The molecule has 0 amide bonds. The number of anilines is 1. The Morgan fingerprint density at radius 3 is 2.80 bits per heavy atom. The minimum Gasteiger partial charge on any atom is -0.387 e. The molecule has 0 atom stereocenters. The molecule has 0 aliphatic heterocycles. The second-order valence-electron chi connectivity index (χ2n) is 2.07. The van der Waals surface area contributed by atoms with E-state index in [-0.39, 0.29) is 0 Å². The predicted molar refractivity (Wildman–Crippen MR) is 43.5 cm³/mol. The molecule has 0 aliphatic rings. The Kier molecular flexibility index (Phi) is 2.12. The number of halogens is 1. The van der Waals surface area contributed by atoms with Crippen molar-refractivity contribution >= 4 is 17.3 Å². The summed E-state index contributed by atoms with van der Waals surface area (Å²) in [5, 5.41) is 3.54. The first kappa shape index (κ1) is 7.35. The fraction of sp³-hybridized carbons (Fsp3) is 0.286. The average Bonchev–Trinajstić information content (AvgIpc) is 1.88. The van der Waals surface area contributed by atoms with Gasteiger partial charge in [-0.1, -0.05) is 11.6 Å². The molecule has 0 bridgehead atoms. The van der Waals surface area contributed by atoms with Crippen LogP contribution in [-0.2, 0) is 0 Å². The van der Waals surface area contributed by atoms with Gasteiger partial charge in [0.1, 0.15) is 5.15 Å². The van der Waals surface area contributed by atoms with Crippen LogP contribution in [0.1, 0.15) is 5.56 Å². The molecule has 0 aliphatic carbocycles. The van der Waals surface area contributed by atoms with Gasteiger partial charge in [0.05, 0.1) is 11.9 Å². The summed E-state index contributed by atoms with van der Waals surface area (Å²) in [4.78, 5) is 3.91. The van der Waals surface area contributed by atoms with Crippen LogP contribution in [0.5, 0.6) is 0 Å². The van der Waals surface area contributed by atoms with Crippen molar-refractivity contribution in [1.82, 2.24) is 4.98 Å². The van der Waals surface area contributed by atoms with E-state index >= 15 is 0 Å². The Bertz CT molecular complexity index is 235. The molecule has 10 heavy (non-hydrogen) atoms. The van der Waals surface area contributed by atoms with Crippen molar-refractivity contribution in [2.75, 3.05) is 12.4 Å². The van der Waals surface area contributed by atoms with Crippen molar-refractivity contribution < 1.29 is 0 Å². The maximum Gasteiger partial charge on any atom is 0.129 e. The van der Waals surface area contributed by atoms with Crippen LogP contribution in [0.3, 0.4) is 0 Å². The lowest BCUT2D eigenvalue weighted by atomic mass is 10.2. The molecule has 54 valence electrons. The molecule has 0 unspecified atom stereocenters. The molecule has 0 fully saturated rings. The number of pyridine rings is 1. The Balaban J connectivity index is 3.07. The van der Waals surface area contributed by atoms with Crippen molar-refractivity contribution in [2.45, 2.75) is 6.92 Å². The first-order chi connectivity index (χ1) is 4.74. The van der Waals surface area contributed by atoms with Gasteiger partial charge in [0, 0.05) is 7.05 Å². The van der Waals surface area contributed by atoms with Crippen LogP contribution >= 0.6 is 11.6 Å². The lowest BCUT2D eigenvalue weighted by Crippen LogP contribution is -1.92. The fourth-order valence-corrected chi connectivity index (χ4v) is 0.996. The normalized spacial score (nSPS) is 9.50. The third-order valence-electron chi connectivity index (χ3n) is 1.35. The third kappa shape index (κ3) is 1.39. The zero-order valence-electron chi connectivity index (χ0n) is 5.98. The summed E-state index contributed by atoms with van der Waals surface area (Å²) >= 11 is 5.64. The Labute approximate surface area is 65.2 Å². The van der Waals surface area contributed by atoms with Crippen LogP contribution in [0.4, 0.5) is 5.69 Å². The van der Waals surface area contributed by atoms with Gasteiger partial charge in [-0.05, 0) is 18.6 Å².